The van der Waals surface area contributed by atoms with Crippen molar-refractivity contribution in [2.75, 3.05) is 49.7 Å². The lowest BCUT2D eigenvalue weighted by molar-refractivity contribution is 0.0277. The summed E-state index contributed by atoms with van der Waals surface area (Å²) < 4.78 is 5.98. The summed E-state index contributed by atoms with van der Waals surface area (Å²) in [6.07, 6.45) is 8.04. The van der Waals surface area contributed by atoms with Crippen molar-refractivity contribution in [1.29, 1.82) is 0 Å². The summed E-state index contributed by atoms with van der Waals surface area (Å²) in [7, 11) is 1.82. The number of rotatable bonds is 8. The number of nitrogens with one attached hydrogen (secondary N) is 2. The van der Waals surface area contributed by atoms with Gasteiger partial charge in [0.25, 0.3) is 0 Å². The molecule has 0 spiro atoms. The Kier molecular flexibility index (Phi) is 12.2. The zero-order valence-electron chi connectivity index (χ0n) is 17.7. The van der Waals surface area contributed by atoms with Crippen molar-refractivity contribution in [1.82, 2.24) is 10.6 Å². The van der Waals surface area contributed by atoms with Gasteiger partial charge < -0.3 is 20.3 Å². The lowest BCUT2D eigenvalue weighted by Gasteiger charge is -2.28. The van der Waals surface area contributed by atoms with E-state index in [1.807, 2.05) is 18.8 Å². The summed E-state index contributed by atoms with van der Waals surface area (Å²) in [5.74, 6) is 3.32. The van der Waals surface area contributed by atoms with E-state index in [0.717, 1.165) is 45.2 Å². The number of hydrogen-bond acceptors (Lipinski definition) is 4. The molecule has 7 heteroatoms. The molecule has 1 aliphatic carbocycles. The van der Waals surface area contributed by atoms with Crippen LogP contribution in [0.4, 0.5) is 5.69 Å². The molecule has 0 atom stereocenters. The number of hydrogen-bond donors (Lipinski definition) is 2. The maximum absolute atomic E-state index is 5.98. The molecule has 1 aromatic carbocycles. The number of anilines is 1. The van der Waals surface area contributed by atoms with Crippen LogP contribution in [0, 0.1) is 0 Å². The van der Waals surface area contributed by atoms with Crippen LogP contribution in [0.3, 0.4) is 0 Å². The highest BCUT2D eigenvalue weighted by Gasteiger charge is 2.13. The van der Waals surface area contributed by atoms with E-state index in [0.29, 0.717) is 6.10 Å². The van der Waals surface area contributed by atoms with Gasteiger partial charge in [-0.25, -0.2) is 0 Å². The Labute approximate surface area is 197 Å². The van der Waals surface area contributed by atoms with Gasteiger partial charge in [0.1, 0.15) is 0 Å². The quantitative estimate of drug-likeness (QED) is 0.227. The maximum Gasteiger partial charge on any atom is 0.191 e. The average molecular weight is 533 g/mol. The van der Waals surface area contributed by atoms with Crippen molar-refractivity contribution in [3.8, 4) is 0 Å². The Morgan fingerprint density at radius 2 is 1.83 bits per heavy atom. The molecule has 2 fully saturated rings. The minimum absolute atomic E-state index is 0. The fourth-order valence-electron chi connectivity index (χ4n) is 3.81. The molecule has 1 heterocycles. The number of guanidine groups is 1. The Hall–Kier alpha value is -0.670. The van der Waals surface area contributed by atoms with Crippen LogP contribution in [0.25, 0.3) is 0 Å². The second kappa shape index (κ2) is 14.4. The summed E-state index contributed by atoms with van der Waals surface area (Å²) in [6, 6.07) is 8.92. The van der Waals surface area contributed by atoms with Crippen molar-refractivity contribution >= 4 is 47.4 Å². The van der Waals surface area contributed by atoms with Crippen molar-refractivity contribution in [3.63, 3.8) is 0 Å². The maximum atomic E-state index is 5.98. The van der Waals surface area contributed by atoms with Gasteiger partial charge in [0, 0.05) is 57.0 Å². The fraction of sp³-hybridized carbons (Fsp3) is 0.682. The highest BCUT2D eigenvalue weighted by Crippen LogP contribution is 2.21. The van der Waals surface area contributed by atoms with E-state index in [4.69, 9.17) is 4.74 Å². The predicted molar refractivity (Wildman–Crippen MR) is 137 cm³/mol. The van der Waals surface area contributed by atoms with Crippen molar-refractivity contribution < 1.29 is 4.74 Å². The Morgan fingerprint density at radius 1 is 1.10 bits per heavy atom. The molecular formula is C22H37IN4OS. The molecule has 0 unspecified atom stereocenters. The van der Waals surface area contributed by atoms with Crippen LogP contribution in [0.2, 0.25) is 0 Å². The van der Waals surface area contributed by atoms with E-state index in [2.05, 4.69) is 44.8 Å². The van der Waals surface area contributed by atoms with Crippen molar-refractivity contribution in [2.45, 2.75) is 51.2 Å². The summed E-state index contributed by atoms with van der Waals surface area (Å²) in [6.45, 7) is 4.82. The van der Waals surface area contributed by atoms with E-state index in [-0.39, 0.29) is 24.0 Å². The topological polar surface area (TPSA) is 48.9 Å². The number of benzene rings is 1. The third-order valence-corrected chi connectivity index (χ3v) is 6.46. The monoisotopic (exact) mass is 532 g/mol. The molecule has 2 aliphatic rings. The van der Waals surface area contributed by atoms with Gasteiger partial charge in [-0.15, -0.1) is 24.0 Å². The smallest absolute Gasteiger partial charge is 0.191 e. The fourth-order valence-corrected chi connectivity index (χ4v) is 4.72. The molecule has 1 aromatic rings. The number of thioether (sulfide) groups is 1. The molecule has 1 saturated carbocycles. The van der Waals surface area contributed by atoms with E-state index < -0.39 is 0 Å². The molecular weight excluding hydrogens is 495 g/mol. The zero-order valence-corrected chi connectivity index (χ0v) is 20.8. The average Bonchev–Trinajstić information content (AvgIpc) is 2.77. The minimum atomic E-state index is 0. The van der Waals surface area contributed by atoms with E-state index in [9.17, 15) is 0 Å². The van der Waals surface area contributed by atoms with Crippen LogP contribution < -0.4 is 15.5 Å². The minimum Gasteiger partial charge on any atom is -0.378 e. The van der Waals surface area contributed by atoms with Gasteiger partial charge in [-0.05, 0) is 37.0 Å². The molecule has 3 rings (SSSR count). The van der Waals surface area contributed by atoms with Gasteiger partial charge in [0.05, 0.1) is 6.10 Å². The summed E-state index contributed by atoms with van der Waals surface area (Å²) in [4.78, 5) is 6.80. The summed E-state index contributed by atoms with van der Waals surface area (Å²) >= 11 is 2.05. The molecule has 29 heavy (non-hydrogen) atoms. The van der Waals surface area contributed by atoms with Gasteiger partial charge in [0.15, 0.2) is 5.96 Å². The first kappa shape index (κ1) is 24.6. The van der Waals surface area contributed by atoms with Crippen LogP contribution >= 0.6 is 35.7 Å². The third kappa shape index (κ3) is 8.92. The molecule has 164 valence electrons. The van der Waals surface area contributed by atoms with Crippen LogP contribution in [-0.2, 0) is 11.3 Å². The van der Waals surface area contributed by atoms with Gasteiger partial charge in [-0.1, -0.05) is 31.4 Å². The van der Waals surface area contributed by atoms with Crippen LogP contribution in [0.15, 0.2) is 29.3 Å². The number of ether oxygens (including phenoxy) is 1. The highest BCUT2D eigenvalue weighted by molar-refractivity contribution is 14.0. The summed E-state index contributed by atoms with van der Waals surface area (Å²) in [5.41, 5.74) is 2.61. The van der Waals surface area contributed by atoms with E-state index in [1.165, 1.54) is 54.9 Å². The second-order valence-electron chi connectivity index (χ2n) is 7.60. The molecule has 1 saturated heterocycles. The van der Waals surface area contributed by atoms with E-state index in [1.54, 1.807) is 0 Å². The lowest BCUT2D eigenvalue weighted by Crippen LogP contribution is -2.37. The zero-order chi connectivity index (χ0) is 19.4. The standard InChI is InChI=1S/C22H36N4OS.HI/c1-23-22(24-12-5-15-27-21-6-3-2-4-7-21)25-18-19-8-10-20(11-9-19)26-13-16-28-17-14-26;/h8-11,21H,2-7,12-18H2,1H3,(H2,23,24,25);1H. The van der Waals surface area contributed by atoms with Gasteiger partial charge in [-0.3, -0.25) is 4.99 Å². The SMILES string of the molecule is CN=C(NCCCOC1CCCCC1)NCc1ccc(N2CCSCC2)cc1.I. The molecule has 0 radical (unpaired) electrons. The number of aliphatic imine (C=N–C) groups is 1. The predicted octanol–water partition coefficient (Wildman–Crippen LogP) is 4.26. The molecule has 5 nitrogen and oxygen atoms in total. The van der Waals surface area contributed by atoms with Crippen LogP contribution in [0.5, 0.6) is 0 Å². The number of halogens is 1. The Bertz CT molecular complexity index is 587. The largest absolute Gasteiger partial charge is 0.378 e. The van der Waals surface area contributed by atoms with Crippen LogP contribution in [0.1, 0.15) is 44.1 Å². The first-order chi connectivity index (χ1) is 13.8. The highest BCUT2D eigenvalue weighted by atomic mass is 127. The van der Waals surface area contributed by atoms with Crippen molar-refractivity contribution in [3.05, 3.63) is 29.8 Å². The first-order valence-electron chi connectivity index (χ1n) is 10.8. The van der Waals surface area contributed by atoms with Gasteiger partial charge in [0.2, 0.25) is 0 Å². The molecule has 0 amide bonds. The molecule has 0 aromatic heterocycles. The van der Waals surface area contributed by atoms with Crippen molar-refractivity contribution in [2.24, 2.45) is 4.99 Å². The molecule has 2 N–H and O–H groups in total. The lowest BCUT2D eigenvalue weighted by atomic mass is 9.98. The van der Waals surface area contributed by atoms with Gasteiger partial charge in [-0.2, -0.15) is 11.8 Å². The summed E-state index contributed by atoms with van der Waals surface area (Å²) in [5, 5.41) is 6.79. The van der Waals surface area contributed by atoms with Gasteiger partial charge >= 0.3 is 0 Å². The van der Waals surface area contributed by atoms with E-state index >= 15 is 0 Å². The third-order valence-electron chi connectivity index (χ3n) is 5.52. The Balaban J connectivity index is 0.00000300. The first-order valence-corrected chi connectivity index (χ1v) is 12.0. The second-order valence-corrected chi connectivity index (χ2v) is 8.83. The molecule has 0 bridgehead atoms. The number of nitrogens with zero attached hydrogens (tertiary/aromatic N) is 2. The Morgan fingerprint density at radius 3 is 2.52 bits per heavy atom. The van der Waals surface area contributed by atoms with Crippen LogP contribution in [-0.4, -0.2) is 56.9 Å². The molecule has 1 aliphatic heterocycles. The normalized spacial score (nSPS) is 18.2.